The van der Waals surface area contributed by atoms with Crippen molar-refractivity contribution in [3.05, 3.63) is 76.6 Å². The van der Waals surface area contributed by atoms with E-state index < -0.39 is 6.10 Å². The van der Waals surface area contributed by atoms with Gasteiger partial charge in [-0.05, 0) is 49.1 Å². The van der Waals surface area contributed by atoms with Gasteiger partial charge in [-0.1, -0.05) is 24.3 Å². The van der Waals surface area contributed by atoms with Crippen molar-refractivity contribution in [2.45, 2.75) is 26.5 Å². The van der Waals surface area contributed by atoms with Gasteiger partial charge in [0.2, 0.25) is 0 Å². The minimum atomic E-state index is -0.599. The number of pyridine rings is 1. The van der Waals surface area contributed by atoms with Crippen LogP contribution in [0.25, 0.3) is 15.9 Å². The zero-order valence-corrected chi connectivity index (χ0v) is 18.6. The summed E-state index contributed by atoms with van der Waals surface area (Å²) in [6.45, 7) is 4.93. The quantitative estimate of drug-likeness (QED) is 0.319. The van der Waals surface area contributed by atoms with Gasteiger partial charge in [-0.25, -0.2) is 9.67 Å². The summed E-state index contributed by atoms with van der Waals surface area (Å²) < 4.78 is 3.01. The van der Waals surface area contributed by atoms with Gasteiger partial charge in [0, 0.05) is 41.6 Å². The number of rotatable bonds is 6. The lowest BCUT2D eigenvalue weighted by molar-refractivity contribution is 0.184. The largest absolute Gasteiger partial charge is 0.386 e. The lowest BCUT2D eigenvalue weighted by Crippen LogP contribution is -2.38. The van der Waals surface area contributed by atoms with E-state index in [2.05, 4.69) is 37.8 Å². The van der Waals surface area contributed by atoms with E-state index >= 15 is 0 Å². The lowest BCUT2D eigenvalue weighted by atomic mass is 10.2. The average molecular weight is 435 g/mol. The van der Waals surface area contributed by atoms with Crippen molar-refractivity contribution in [1.29, 1.82) is 0 Å². The zero-order chi connectivity index (χ0) is 21.8. The molecule has 31 heavy (non-hydrogen) atoms. The van der Waals surface area contributed by atoms with E-state index in [-0.39, 0.29) is 0 Å². The maximum absolute atomic E-state index is 10.6. The highest BCUT2D eigenvalue weighted by Crippen LogP contribution is 2.29. The molecule has 1 aromatic carbocycles. The number of nitrogens with zero attached hydrogens (tertiary/aromatic N) is 4. The summed E-state index contributed by atoms with van der Waals surface area (Å²) >= 11 is 1.61. The maximum Gasteiger partial charge on any atom is 0.191 e. The molecular formula is C23H26N6OS. The molecule has 7 nitrogen and oxygen atoms in total. The van der Waals surface area contributed by atoms with E-state index in [1.807, 2.05) is 61.1 Å². The molecule has 3 N–H and O–H groups in total. The van der Waals surface area contributed by atoms with Gasteiger partial charge in [-0.3, -0.25) is 4.99 Å². The van der Waals surface area contributed by atoms with Gasteiger partial charge in [-0.2, -0.15) is 5.10 Å². The summed E-state index contributed by atoms with van der Waals surface area (Å²) in [6.07, 6.45) is 1.23. The Morgan fingerprint density at radius 1 is 1.16 bits per heavy atom. The number of aliphatic imine (C=N–C) groups is 1. The Morgan fingerprint density at radius 3 is 2.68 bits per heavy atom. The molecule has 0 radical (unpaired) electrons. The number of aliphatic hydroxyl groups excluding tert-OH is 1. The van der Waals surface area contributed by atoms with Gasteiger partial charge in [-0.15, -0.1) is 11.3 Å². The number of hydrogen-bond acceptors (Lipinski definition) is 5. The van der Waals surface area contributed by atoms with Gasteiger partial charge in [0.05, 0.1) is 5.69 Å². The fraction of sp³-hybridized carbons (Fsp3) is 0.261. The highest BCUT2D eigenvalue weighted by Gasteiger charge is 2.12. The fourth-order valence-corrected chi connectivity index (χ4v) is 4.42. The zero-order valence-electron chi connectivity index (χ0n) is 17.8. The number of aryl methyl sites for hydroxylation is 2. The third-order valence-corrected chi connectivity index (χ3v) is 6.17. The number of benzene rings is 1. The third kappa shape index (κ3) is 4.92. The van der Waals surface area contributed by atoms with Crippen molar-refractivity contribution < 1.29 is 5.11 Å². The Bertz CT molecular complexity index is 1160. The molecule has 160 valence electrons. The van der Waals surface area contributed by atoms with E-state index in [9.17, 15) is 5.11 Å². The molecule has 3 heterocycles. The Hall–Kier alpha value is -3.23. The minimum absolute atomic E-state index is 0.377. The van der Waals surface area contributed by atoms with E-state index in [1.165, 1.54) is 4.70 Å². The second-order valence-corrected chi connectivity index (χ2v) is 8.49. The molecule has 0 bridgehead atoms. The van der Waals surface area contributed by atoms with E-state index in [0.717, 1.165) is 33.0 Å². The molecule has 0 aliphatic rings. The van der Waals surface area contributed by atoms with Crippen LogP contribution in [-0.4, -0.2) is 39.4 Å². The predicted molar refractivity (Wildman–Crippen MR) is 126 cm³/mol. The standard InChI is InChI=1S/C23H26N6OS/c1-15-10-16(2)29(28-15)22-9-8-17(12-25-22)13-26-23(24-3)27-14-19(30)21-11-18-6-4-5-7-20(18)31-21/h4-12,19,30H,13-14H2,1-3H3,(H2,24,26,27). The SMILES string of the molecule is CN=C(NCc1ccc(-n2nc(C)cc2C)nc1)NCC(O)c1cc2ccccc2s1. The number of nitrogens with one attached hydrogen (secondary N) is 2. The summed E-state index contributed by atoms with van der Waals surface area (Å²) in [7, 11) is 1.71. The van der Waals surface area contributed by atoms with Gasteiger partial charge in [0.1, 0.15) is 6.10 Å². The molecule has 0 fully saturated rings. The third-order valence-electron chi connectivity index (χ3n) is 4.96. The van der Waals surface area contributed by atoms with Gasteiger partial charge in [0.15, 0.2) is 11.8 Å². The van der Waals surface area contributed by atoms with Crippen LogP contribution in [0.3, 0.4) is 0 Å². The fourth-order valence-electron chi connectivity index (χ4n) is 3.37. The molecule has 4 aromatic rings. The number of aliphatic hydroxyl groups is 1. The Labute approximate surface area is 185 Å². The number of thiophene rings is 1. The lowest BCUT2D eigenvalue weighted by Gasteiger charge is -2.14. The molecule has 0 aliphatic heterocycles. The maximum atomic E-state index is 10.6. The number of guanidine groups is 1. The molecule has 0 spiro atoms. The first kappa shape index (κ1) is 21.0. The van der Waals surface area contributed by atoms with Crippen molar-refractivity contribution >= 4 is 27.4 Å². The molecule has 0 saturated heterocycles. The van der Waals surface area contributed by atoms with Crippen molar-refractivity contribution in [3.63, 3.8) is 0 Å². The molecule has 4 rings (SSSR count). The second kappa shape index (κ2) is 9.28. The smallest absolute Gasteiger partial charge is 0.191 e. The van der Waals surface area contributed by atoms with Crippen molar-refractivity contribution in [3.8, 4) is 5.82 Å². The van der Waals surface area contributed by atoms with Crippen LogP contribution in [0.15, 0.2) is 59.7 Å². The monoisotopic (exact) mass is 434 g/mol. The molecule has 1 atom stereocenters. The Balaban J connectivity index is 1.31. The molecule has 0 saturated carbocycles. The van der Waals surface area contributed by atoms with Crippen LogP contribution in [0.1, 0.15) is 27.9 Å². The Kier molecular flexibility index (Phi) is 6.29. The van der Waals surface area contributed by atoms with Crippen LogP contribution in [0.4, 0.5) is 0 Å². The van der Waals surface area contributed by atoms with Crippen molar-refractivity contribution in [2.24, 2.45) is 4.99 Å². The van der Waals surface area contributed by atoms with Crippen LogP contribution >= 0.6 is 11.3 Å². The molecule has 0 aliphatic carbocycles. The van der Waals surface area contributed by atoms with Crippen molar-refractivity contribution in [2.75, 3.05) is 13.6 Å². The first-order valence-corrected chi connectivity index (χ1v) is 10.9. The minimum Gasteiger partial charge on any atom is -0.386 e. The van der Waals surface area contributed by atoms with E-state index in [4.69, 9.17) is 0 Å². The molecule has 1 unspecified atom stereocenters. The summed E-state index contributed by atoms with van der Waals surface area (Å²) in [4.78, 5) is 9.70. The van der Waals surface area contributed by atoms with Gasteiger partial charge < -0.3 is 15.7 Å². The van der Waals surface area contributed by atoms with Crippen molar-refractivity contribution in [1.82, 2.24) is 25.4 Å². The summed E-state index contributed by atoms with van der Waals surface area (Å²) in [5.41, 5.74) is 3.05. The topological polar surface area (TPSA) is 87.4 Å². The summed E-state index contributed by atoms with van der Waals surface area (Å²) in [5.74, 6) is 1.42. The highest BCUT2D eigenvalue weighted by atomic mass is 32.1. The van der Waals surface area contributed by atoms with Crippen LogP contribution < -0.4 is 10.6 Å². The number of hydrogen-bond donors (Lipinski definition) is 3. The number of fused-ring (bicyclic) bond motifs is 1. The molecule has 3 aromatic heterocycles. The van der Waals surface area contributed by atoms with Gasteiger partial charge >= 0.3 is 0 Å². The van der Waals surface area contributed by atoms with Gasteiger partial charge in [0.25, 0.3) is 0 Å². The number of aromatic nitrogens is 3. The normalized spacial score (nSPS) is 12.8. The first-order chi connectivity index (χ1) is 15.0. The summed E-state index contributed by atoms with van der Waals surface area (Å²) in [6, 6.07) is 16.2. The molecular weight excluding hydrogens is 408 g/mol. The second-order valence-electron chi connectivity index (χ2n) is 7.37. The molecule has 0 amide bonds. The highest BCUT2D eigenvalue weighted by molar-refractivity contribution is 7.19. The van der Waals surface area contributed by atoms with Crippen LogP contribution in [-0.2, 0) is 6.54 Å². The first-order valence-electron chi connectivity index (χ1n) is 10.1. The average Bonchev–Trinajstić information content (AvgIpc) is 3.36. The molecule has 8 heteroatoms. The summed E-state index contributed by atoms with van der Waals surface area (Å²) in [5, 5.41) is 22.6. The van der Waals surface area contributed by atoms with Crippen LogP contribution in [0, 0.1) is 13.8 Å². The van der Waals surface area contributed by atoms with Crippen LogP contribution in [0.5, 0.6) is 0 Å². The Morgan fingerprint density at radius 2 is 2.00 bits per heavy atom. The van der Waals surface area contributed by atoms with E-state index in [0.29, 0.717) is 19.0 Å². The van der Waals surface area contributed by atoms with E-state index in [1.54, 1.807) is 18.4 Å². The van der Waals surface area contributed by atoms with Crippen LogP contribution in [0.2, 0.25) is 0 Å². The predicted octanol–water partition coefficient (Wildman–Crippen LogP) is 3.50.